The number of aliphatic hydroxyl groups is 3. The molecule has 0 bridgehead atoms. The van der Waals surface area contributed by atoms with E-state index in [1.165, 1.54) is 0 Å². The van der Waals surface area contributed by atoms with Crippen molar-refractivity contribution in [3.8, 4) is 11.5 Å². The number of Topliss-reactive ketones (excluding diaryl/α,β-unsaturated/α-hetero) is 2. The number of nitrogens with zero attached hydrogens (tertiary/aromatic N) is 1. The Bertz CT molecular complexity index is 1490. The molecule has 2 fully saturated rings. The first-order chi connectivity index (χ1) is 19.5. The number of aromatic hydroxyl groups is 1. The average Bonchev–Trinajstić information content (AvgIpc) is 2.91. The van der Waals surface area contributed by atoms with E-state index >= 15 is 0 Å². The van der Waals surface area contributed by atoms with Crippen LogP contribution < -0.4 is 10.5 Å². The fourth-order valence-electron chi connectivity index (χ4n) is 7.34. The van der Waals surface area contributed by atoms with Gasteiger partial charge in [-0.25, -0.2) is 0 Å². The first-order valence-electron chi connectivity index (χ1n) is 14.3. The highest BCUT2D eigenvalue weighted by atomic mass is 16.5. The standard InChI is InChI=1S/C31H36N2O8/c1-15-25-17(8-18-10-24(36)23(30(32)39)11-31(15,18)40)9-22-26(28(25)38)27(37)21-7-16(12-33-5-2-6-33)3-4-20(21)29(22)41-14-19(35)13-34/h3-4,7,17-19,23,34-35,37,40H,2,5-6,8-14H2,1H3,(H2,32,39). The number of likely N-dealkylation sites (tertiary alicyclic amines) is 1. The fourth-order valence-corrected chi connectivity index (χ4v) is 7.34. The van der Waals surface area contributed by atoms with Gasteiger partial charge in [0, 0.05) is 34.9 Å². The molecule has 1 amide bonds. The average molecular weight is 565 g/mol. The van der Waals surface area contributed by atoms with Gasteiger partial charge in [-0.3, -0.25) is 19.3 Å². The maximum Gasteiger partial charge on any atom is 0.228 e. The molecule has 6 rings (SSSR count). The van der Waals surface area contributed by atoms with Crippen LogP contribution in [0, 0.1) is 17.8 Å². The van der Waals surface area contributed by atoms with Crippen molar-refractivity contribution in [1.29, 1.82) is 0 Å². The number of nitrogens with two attached hydrogens (primary N) is 1. The number of phenolic OH excluding ortho intramolecular Hbond substituents is 1. The van der Waals surface area contributed by atoms with Gasteiger partial charge in [0.25, 0.3) is 0 Å². The summed E-state index contributed by atoms with van der Waals surface area (Å²) in [5, 5.41) is 43.9. The number of hydrogen-bond acceptors (Lipinski definition) is 9. The minimum atomic E-state index is -1.53. The molecule has 10 nitrogen and oxygen atoms in total. The molecule has 218 valence electrons. The van der Waals surface area contributed by atoms with E-state index in [0.29, 0.717) is 52.6 Å². The first-order valence-corrected chi connectivity index (χ1v) is 14.3. The summed E-state index contributed by atoms with van der Waals surface area (Å²) in [6, 6.07) is 5.68. The van der Waals surface area contributed by atoms with E-state index in [0.717, 1.165) is 25.1 Å². The lowest BCUT2D eigenvalue weighted by atomic mass is 9.56. The number of amides is 1. The number of carbonyl (C=O) groups excluding carboxylic acids is 3. The topological polar surface area (TPSA) is 171 Å². The molecular formula is C31H36N2O8. The Labute approximate surface area is 237 Å². The van der Waals surface area contributed by atoms with Crippen LogP contribution in [0.4, 0.5) is 0 Å². The normalized spacial score (nSPS) is 28.5. The quantitative estimate of drug-likeness (QED) is 0.312. The van der Waals surface area contributed by atoms with Crippen molar-refractivity contribution in [1.82, 2.24) is 4.90 Å². The lowest BCUT2D eigenvalue weighted by molar-refractivity contribution is -0.144. The molecule has 1 heterocycles. The number of phenols is 1. The van der Waals surface area contributed by atoms with Crippen LogP contribution >= 0.6 is 0 Å². The molecule has 0 spiro atoms. The Morgan fingerprint density at radius 3 is 2.63 bits per heavy atom. The first kappa shape index (κ1) is 27.8. The van der Waals surface area contributed by atoms with Gasteiger partial charge in [-0.15, -0.1) is 0 Å². The number of hydrogen-bond donors (Lipinski definition) is 5. The van der Waals surface area contributed by atoms with Crippen molar-refractivity contribution in [2.75, 3.05) is 26.3 Å². The Morgan fingerprint density at radius 1 is 1.22 bits per heavy atom. The summed E-state index contributed by atoms with van der Waals surface area (Å²) in [6.07, 6.45) is 0.498. The van der Waals surface area contributed by atoms with E-state index in [1.807, 2.05) is 18.2 Å². The van der Waals surface area contributed by atoms with Crippen LogP contribution in [-0.2, 0) is 22.6 Å². The van der Waals surface area contributed by atoms with Gasteiger partial charge in [0.2, 0.25) is 5.91 Å². The van der Waals surface area contributed by atoms with Crippen LogP contribution in [0.2, 0.25) is 0 Å². The van der Waals surface area contributed by atoms with E-state index in [1.54, 1.807) is 6.92 Å². The highest BCUT2D eigenvalue weighted by Crippen LogP contribution is 2.55. The second-order valence-electron chi connectivity index (χ2n) is 12.1. The molecule has 41 heavy (non-hydrogen) atoms. The van der Waals surface area contributed by atoms with Gasteiger partial charge in [0.15, 0.2) is 5.78 Å². The molecule has 1 aliphatic heterocycles. The second kappa shape index (κ2) is 10.2. The number of benzene rings is 2. The van der Waals surface area contributed by atoms with Gasteiger partial charge >= 0.3 is 0 Å². The lowest BCUT2D eigenvalue weighted by Crippen LogP contribution is -2.55. The summed E-state index contributed by atoms with van der Waals surface area (Å²) >= 11 is 0. The van der Waals surface area contributed by atoms with Crippen LogP contribution in [0.5, 0.6) is 11.5 Å². The molecule has 6 N–H and O–H groups in total. The van der Waals surface area contributed by atoms with Crippen molar-refractivity contribution in [3.05, 3.63) is 46.0 Å². The summed E-state index contributed by atoms with van der Waals surface area (Å²) in [7, 11) is 0. The number of fused-ring (bicyclic) bond motifs is 4. The van der Waals surface area contributed by atoms with Gasteiger partial charge in [0.05, 0.1) is 23.7 Å². The summed E-state index contributed by atoms with van der Waals surface area (Å²) in [4.78, 5) is 41.2. The molecule has 2 aromatic carbocycles. The molecule has 2 aromatic rings. The number of aliphatic hydroxyl groups excluding tert-OH is 2. The monoisotopic (exact) mass is 564 g/mol. The second-order valence-corrected chi connectivity index (χ2v) is 12.1. The fraction of sp³-hybridized carbons (Fsp3) is 0.516. The number of ketones is 2. The molecule has 4 aliphatic rings. The van der Waals surface area contributed by atoms with Gasteiger partial charge in [-0.1, -0.05) is 12.1 Å². The van der Waals surface area contributed by atoms with Crippen LogP contribution in [0.3, 0.4) is 0 Å². The zero-order valence-electron chi connectivity index (χ0n) is 23.1. The summed E-state index contributed by atoms with van der Waals surface area (Å²) in [6.45, 7) is 3.68. The number of ether oxygens (including phenoxy) is 1. The predicted molar refractivity (Wildman–Crippen MR) is 148 cm³/mol. The third-order valence-electron chi connectivity index (χ3n) is 9.71. The zero-order valence-corrected chi connectivity index (χ0v) is 23.1. The Balaban J connectivity index is 1.49. The third kappa shape index (κ3) is 4.44. The van der Waals surface area contributed by atoms with E-state index in [2.05, 4.69) is 4.90 Å². The highest BCUT2D eigenvalue weighted by molar-refractivity contribution is 6.18. The molecule has 0 radical (unpaired) electrons. The van der Waals surface area contributed by atoms with Crippen molar-refractivity contribution in [2.24, 2.45) is 23.5 Å². The van der Waals surface area contributed by atoms with Crippen LogP contribution in [-0.4, -0.2) is 80.8 Å². The summed E-state index contributed by atoms with van der Waals surface area (Å²) in [5.74, 6) is -3.24. The van der Waals surface area contributed by atoms with Crippen molar-refractivity contribution in [3.63, 3.8) is 0 Å². The molecule has 1 saturated carbocycles. The molecule has 5 atom stereocenters. The van der Waals surface area contributed by atoms with E-state index in [-0.39, 0.29) is 42.5 Å². The van der Waals surface area contributed by atoms with Crippen LogP contribution in [0.25, 0.3) is 10.8 Å². The summed E-state index contributed by atoms with van der Waals surface area (Å²) < 4.78 is 6.06. The van der Waals surface area contributed by atoms with Gasteiger partial charge in [-0.2, -0.15) is 0 Å². The van der Waals surface area contributed by atoms with Crippen LogP contribution in [0.1, 0.15) is 54.1 Å². The minimum absolute atomic E-state index is 0.0128. The maximum atomic E-state index is 14.2. The number of rotatable bonds is 7. The molecule has 1 saturated heterocycles. The largest absolute Gasteiger partial charge is 0.507 e. The van der Waals surface area contributed by atoms with E-state index in [9.17, 15) is 34.8 Å². The third-order valence-corrected chi connectivity index (χ3v) is 9.71. The van der Waals surface area contributed by atoms with Crippen LogP contribution in [0.15, 0.2) is 29.3 Å². The Hall–Kier alpha value is -3.31. The SMILES string of the molecule is CC1=C2C(=O)c3c(c(OCC(O)CO)c4ccc(CN5CCC5)cc4c3O)CC2CC2CC(=O)C(C(N)=O)CC12O. The number of carbonyl (C=O) groups is 3. The number of primary amides is 1. The smallest absolute Gasteiger partial charge is 0.228 e. The van der Waals surface area contributed by atoms with Crippen molar-refractivity contribution < 1.29 is 39.5 Å². The van der Waals surface area contributed by atoms with Gasteiger partial charge in [-0.05, 0) is 74.7 Å². The molecule has 3 aliphatic carbocycles. The van der Waals surface area contributed by atoms with E-state index < -0.39 is 41.8 Å². The van der Waals surface area contributed by atoms with Crippen molar-refractivity contribution in [2.45, 2.75) is 57.3 Å². The highest BCUT2D eigenvalue weighted by Gasteiger charge is 2.55. The van der Waals surface area contributed by atoms with Gasteiger partial charge < -0.3 is 30.9 Å². The summed E-state index contributed by atoms with van der Waals surface area (Å²) in [5.41, 5.74) is 6.32. The molecular weight excluding hydrogens is 528 g/mol. The Morgan fingerprint density at radius 2 is 1.98 bits per heavy atom. The zero-order chi connectivity index (χ0) is 29.2. The molecule has 5 unspecified atom stereocenters. The van der Waals surface area contributed by atoms with Crippen molar-refractivity contribution >= 4 is 28.2 Å². The molecule has 10 heteroatoms. The lowest BCUT2D eigenvalue weighted by Gasteiger charge is -2.49. The van der Waals surface area contributed by atoms with E-state index in [4.69, 9.17) is 10.5 Å². The number of allylic oxidation sites excluding steroid dienone is 1. The van der Waals surface area contributed by atoms with Gasteiger partial charge in [0.1, 0.15) is 30.0 Å². The minimum Gasteiger partial charge on any atom is -0.507 e. The maximum absolute atomic E-state index is 14.2. The predicted octanol–water partition coefficient (Wildman–Crippen LogP) is 1.37. The molecule has 0 aromatic heterocycles. The Kier molecular flexibility index (Phi) is 6.93.